The van der Waals surface area contributed by atoms with E-state index in [0.717, 1.165) is 25.7 Å². The molecule has 1 saturated heterocycles. The summed E-state index contributed by atoms with van der Waals surface area (Å²) in [5.41, 5.74) is 0.400. The van der Waals surface area contributed by atoms with Gasteiger partial charge in [0, 0.05) is 17.8 Å². The van der Waals surface area contributed by atoms with Gasteiger partial charge in [0.25, 0.3) is 0 Å². The summed E-state index contributed by atoms with van der Waals surface area (Å²) in [6.07, 6.45) is 4.34. The second kappa shape index (κ2) is 6.44. The lowest BCUT2D eigenvalue weighted by Crippen LogP contribution is -2.65. The Bertz CT molecular complexity index is 578. The van der Waals surface area contributed by atoms with Gasteiger partial charge in [0.05, 0.1) is 12.5 Å². The monoisotopic (exact) mass is 305 g/mol. The summed E-state index contributed by atoms with van der Waals surface area (Å²) in [6, 6.07) is 5.63. The average molecular weight is 305 g/mol. The SMILES string of the molecule is O=C(C[C@@H]1N[C@@H]2CCCC[C@H]2NC1=O)Nc1cccc(F)c1. The number of benzene rings is 1. The summed E-state index contributed by atoms with van der Waals surface area (Å²) in [7, 11) is 0. The predicted octanol–water partition coefficient (Wildman–Crippen LogP) is 1.55. The zero-order valence-electron chi connectivity index (χ0n) is 12.3. The number of fused-ring (bicyclic) bond motifs is 1. The molecule has 0 bridgehead atoms. The summed E-state index contributed by atoms with van der Waals surface area (Å²) in [5.74, 6) is -0.832. The molecule has 1 saturated carbocycles. The zero-order chi connectivity index (χ0) is 15.5. The molecule has 1 aliphatic carbocycles. The van der Waals surface area contributed by atoms with Crippen LogP contribution in [-0.2, 0) is 9.59 Å². The van der Waals surface area contributed by atoms with Gasteiger partial charge >= 0.3 is 0 Å². The van der Waals surface area contributed by atoms with Crippen molar-refractivity contribution >= 4 is 17.5 Å². The minimum atomic E-state index is -0.520. The highest BCUT2D eigenvalue weighted by molar-refractivity contribution is 5.95. The van der Waals surface area contributed by atoms with Crippen LogP contribution in [0.3, 0.4) is 0 Å². The molecule has 1 aromatic rings. The van der Waals surface area contributed by atoms with E-state index < -0.39 is 11.9 Å². The van der Waals surface area contributed by atoms with Gasteiger partial charge in [-0.25, -0.2) is 4.39 Å². The third-order valence-corrected chi connectivity index (χ3v) is 4.32. The average Bonchev–Trinajstić information content (AvgIpc) is 2.48. The van der Waals surface area contributed by atoms with Crippen LogP contribution in [-0.4, -0.2) is 29.9 Å². The third-order valence-electron chi connectivity index (χ3n) is 4.32. The van der Waals surface area contributed by atoms with Gasteiger partial charge in [-0.15, -0.1) is 0 Å². The third kappa shape index (κ3) is 3.44. The molecule has 3 rings (SSSR count). The van der Waals surface area contributed by atoms with Gasteiger partial charge in [0.2, 0.25) is 11.8 Å². The number of piperazine rings is 1. The van der Waals surface area contributed by atoms with Gasteiger partial charge in [0.1, 0.15) is 5.82 Å². The van der Waals surface area contributed by atoms with Crippen molar-refractivity contribution in [3.63, 3.8) is 0 Å². The lowest BCUT2D eigenvalue weighted by Gasteiger charge is -2.40. The van der Waals surface area contributed by atoms with Crippen LogP contribution in [0.2, 0.25) is 0 Å². The largest absolute Gasteiger partial charge is 0.350 e. The highest BCUT2D eigenvalue weighted by Gasteiger charge is 2.36. The van der Waals surface area contributed by atoms with E-state index in [2.05, 4.69) is 16.0 Å². The second-order valence-corrected chi connectivity index (χ2v) is 5.99. The fraction of sp³-hybridized carbons (Fsp3) is 0.500. The van der Waals surface area contributed by atoms with E-state index in [1.165, 1.54) is 18.2 Å². The van der Waals surface area contributed by atoms with Crippen molar-refractivity contribution in [2.45, 2.75) is 50.2 Å². The molecule has 22 heavy (non-hydrogen) atoms. The van der Waals surface area contributed by atoms with E-state index in [-0.39, 0.29) is 30.3 Å². The number of carbonyl (C=O) groups is 2. The highest BCUT2D eigenvalue weighted by Crippen LogP contribution is 2.22. The molecule has 0 radical (unpaired) electrons. The van der Waals surface area contributed by atoms with E-state index in [0.29, 0.717) is 5.69 Å². The predicted molar refractivity (Wildman–Crippen MR) is 80.8 cm³/mol. The fourth-order valence-corrected chi connectivity index (χ4v) is 3.24. The molecule has 1 aliphatic heterocycles. The molecular weight excluding hydrogens is 285 g/mol. The van der Waals surface area contributed by atoms with Crippen LogP contribution < -0.4 is 16.0 Å². The van der Waals surface area contributed by atoms with Crippen LogP contribution >= 0.6 is 0 Å². The second-order valence-electron chi connectivity index (χ2n) is 5.99. The lowest BCUT2D eigenvalue weighted by atomic mass is 9.87. The standard InChI is InChI=1S/C16H20FN3O2/c17-10-4-3-5-11(8-10)18-15(21)9-14-16(22)20-13-7-2-1-6-12(13)19-14/h3-5,8,12-14,19H,1-2,6-7,9H2,(H,18,21)(H,20,22)/t12-,13-,14+/m1/s1. The number of hydrogen-bond acceptors (Lipinski definition) is 3. The van der Waals surface area contributed by atoms with Gasteiger partial charge in [0.15, 0.2) is 0 Å². The molecule has 0 spiro atoms. The quantitative estimate of drug-likeness (QED) is 0.793. The number of hydrogen-bond donors (Lipinski definition) is 3. The Morgan fingerprint density at radius 1 is 1.27 bits per heavy atom. The lowest BCUT2D eigenvalue weighted by molar-refractivity contribution is -0.129. The number of carbonyl (C=O) groups excluding carboxylic acids is 2. The van der Waals surface area contributed by atoms with Crippen molar-refractivity contribution in [1.29, 1.82) is 0 Å². The number of rotatable bonds is 3. The molecule has 1 aromatic carbocycles. The number of anilines is 1. The highest BCUT2D eigenvalue weighted by atomic mass is 19.1. The van der Waals surface area contributed by atoms with E-state index in [1.54, 1.807) is 6.07 Å². The molecule has 5 nitrogen and oxygen atoms in total. The molecular formula is C16H20FN3O2. The van der Waals surface area contributed by atoms with Gasteiger partial charge in [-0.2, -0.15) is 0 Å². The van der Waals surface area contributed by atoms with E-state index in [4.69, 9.17) is 0 Å². The number of halogens is 1. The summed E-state index contributed by atoms with van der Waals surface area (Å²) in [5, 5.41) is 8.92. The molecule has 1 heterocycles. The van der Waals surface area contributed by atoms with Crippen molar-refractivity contribution in [1.82, 2.24) is 10.6 Å². The van der Waals surface area contributed by atoms with E-state index >= 15 is 0 Å². The van der Waals surface area contributed by atoms with Crippen molar-refractivity contribution in [2.75, 3.05) is 5.32 Å². The van der Waals surface area contributed by atoms with Crippen LogP contribution in [0.25, 0.3) is 0 Å². The van der Waals surface area contributed by atoms with Gasteiger partial charge < -0.3 is 16.0 Å². The summed E-state index contributed by atoms with van der Waals surface area (Å²) in [4.78, 5) is 24.1. The Hall–Kier alpha value is -1.95. The van der Waals surface area contributed by atoms with Crippen molar-refractivity contribution in [2.24, 2.45) is 0 Å². The Morgan fingerprint density at radius 3 is 2.82 bits per heavy atom. The van der Waals surface area contributed by atoms with Crippen LogP contribution in [0.4, 0.5) is 10.1 Å². The minimum absolute atomic E-state index is 0.0472. The summed E-state index contributed by atoms with van der Waals surface area (Å²) in [6.45, 7) is 0. The van der Waals surface area contributed by atoms with Crippen LogP contribution in [0.5, 0.6) is 0 Å². The first-order chi connectivity index (χ1) is 10.6. The number of amides is 2. The van der Waals surface area contributed by atoms with E-state index in [1.807, 2.05) is 0 Å². The van der Waals surface area contributed by atoms with Crippen molar-refractivity contribution < 1.29 is 14.0 Å². The zero-order valence-corrected chi connectivity index (χ0v) is 12.3. The molecule has 2 amide bonds. The molecule has 3 N–H and O–H groups in total. The maximum Gasteiger partial charge on any atom is 0.237 e. The van der Waals surface area contributed by atoms with Gasteiger partial charge in [-0.05, 0) is 31.0 Å². The fourth-order valence-electron chi connectivity index (χ4n) is 3.24. The molecule has 0 unspecified atom stereocenters. The van der Waals surface area contributed by atoms with Crippen molar-refractivity contribution in [3.05, 3.63) is 30.1 Å². The molecule has 0 aromatic heterocycles. The number of nitrogens with one attached hydrogen (secondary N) is 3. The Balaban J connectivity index is 1.57. The smallest absolute Gasteiger partial charge is 0.237 e. The first-order valence-corrected chi connectivity index (χ1v) is 7.73. The Kier molecular flexibility index (Phi) is 4.38. The van der Waals surface area contributed by atoms with Crippen molar-refractivity contribution in [3.8, 4) is 0 Å². The summed E-state index contributed by atoms with van der Waals surface area (Å²) < 4.78 is 13.1. The van der Waals surface area contributed by atoms with E-state index in [9.17, 15) is 14.0 Å². The molecule has 2 fully saturated rings. The van der Waals surface area contributed by atoms with Crippen LogP contribution in [0.15, 0.2) is 24.3 Å². The maximum atomic E-state index is 13.1. The molecule has 6 heteroatoms. The first kappa shape index (κ1) is 15.0. The normalized spacial score (nSPS) is 27.7. The maximum absolute atomic E-state index is 13.1. The van der Waals surface area contributed by atoms with Crippen LogP contribution in [0.1, 0.15) is 32.1 Å². The molecule has 118 valence electrons. The Labute approximate surface area is 128 Å². The van der Waals surface area contributed by atoms with Crippen LogP contribution in [0, 0.1) is 5.82 Å². The molecule has 3 atom stereocenters. The van der Waals surface area contributed by atoms with Gasteiger partial charge in [-0.1, -0.05) is 18.9 Å². The Morgan fingerprint density at radius 2 is 2.05 bits per heavy atom. The molecule has 2 aliphatic rings. The topological polar surface area (TPSA) is 70.2 Å². The minimum Gasteiger partial charge on any atom is -0.350 e. The first-order valence-electron chi connectivity index (χ1n) is 7.73. The van der Waals surface area contributed by atoms with Gasteiger partial charge in [-0.3, -0.25) is 9.59 Å². The summed E-state index contributed by atoms with van der Waals surface area (Å²) >= 11 is 0.